The molecule has 2 aliphatic heterocycles. The fourth-order valence-electron chi connectivity index (χ4n) is 5.54. The largest absolute Gasteiger partial charge is 0.380 e. The van der Waals surface area contributed by atoms with Crippen LogP contribution in [0.15, 0.2) is 42.5 Å². The highest BCUT2D eigenvalue weighted by atomic mass is 19.1. The van der Waals surface area contributed by atoms with Gasteiger partial charge < -0.3 is 9.47 Å². The molecule has 0 N–H and O–H groups in total. The lowest BCUT2D eigenvalue weighted by Gasteiger charge is -2.35. The van der Waals surface area contributed by atoms with Crippen LogP contribution in [-0.2, 0) is 15.9 Å². The third-order valence-electron chi connectivity index (χ3n) is 7.15. The monoisotopic (exact) mass is 424 g/mol. The molecule has 0 amide bonds. The van der Waals surface area contributed by atoms with Crippen molar-refractivity contribution in [2.45, 2.75) is 37.9 Å². The quantitative estimate of drug-likeness (QED) is 0.655. The van der Waals surface area contributed by atoms with Crippen LogP contribution >= 0.6 is 0 Å². The van der Waals surface area contributed by atoms with Crippen molar-refractivity contribution in [2.24, 2.45) is 0 Å². The van der Waals surface area contributed by atoms with Gasteiger partial charge in [0.2, 0.25) is 0 Å². The van der Waals surface area contributed by atoms with Gasteiger partial charge in [-0.15, -0.1) is 0 Å². The number of ether oxygens (including phenoxy) is 2. The molecule has 2 saturated heterocycles. The van der Waals surface area contributed by atoms with E-state index in [1.165, 1.54) is 16.7 Å². The normalized spacial score (nSPS) is 26.2. The van der Waals surface area contributed by atoms with Gasteiger partial charge in [-0.1, -0.05) is 30.3 Å². The summed E-state index contributed by atoms with van der Waals surface area (Å²) in [6.07, 6.45) is 2.00. The fourth-order valence-corrected chi connectivity index (χ4v) is 5.54. The summed E-state index contributed by atoms with van der Waals surface area (Å²) < 4.78 is 26.3. The Hall–Kier alpha value is -1.79. The Balaban J connectivity index is 1.28. The van der Waals surface area contributed by atoms with Gasteiger partial charge in [0, 0.05) is 51.8 Å². The van der Waals surface area contributed by atoms with Crippen molar-refractivity contribution in [2.75, 3.05) is 52.5 Å². The number of hydrogen-bond acceptors (Lipinski definition) is 4. The van der Waals surface area contributed by atoms with Crippen LogP contribution in [0.25, 0.3) is 0 Å². The van der Waals surface area contributed by atoms with E-state index >= 15 is 0 Å². The van der Waals surface area contributed by atoms with Crippen LogP contribution < -0.4 is 0 Å². The molecule has 166 valence electrons. The molecule has 0 radical (unpaired) electrons. The molecular formula is C26H33FN2O2. The van der Waals surface area contributed by atoms with E-state index < -0.39 is 0 Å². The second-order valence-electron chi connectivity index (χ2n) is 9.08. The van der Waals surface area contributed by atoms with Gasteiger partial charge in [0.05, 0.1) is 18.8 Å². The summed E-state index contributed by atoms with van der Waals surface area (Å²) in [5.41, 5.74) is 4.98. The van der Waals surface area contributed by atoms with Crippen LogP contribution in [0.4, 0.5) is 4.39 Å². The molecule has 0 unspecified atom stereocenters. The highest BCUT2D eigenvalue weighted by Gasteiger charge is 2.41. The third kappa shape index (κ3) is 4.56. The Morgan fingerprint density at radius 2 is 1.77 bits per heavy atom. The Morgan fingerprint density at radius 3 is 2.61 bits per heavy atom. The van der Waals surface area contributed by atoms with Gasteiger partial charge in [-0.2, -0.15) is 0 Å². The molecule has 0 bridgehead atoms. The first-order chi connectivity index (χ1) is 15.2. The summed E-state index contributed by atoms with van der Waals surface area (Å²) in [5.74, 6) is 0.135. The Kier molecular flexibility index (Phi) is 6.37. The number of nitrogens with zero attached hydrogens (tertiary/aromatic N) is 2. The maximum absolute atomic E-state index is 14.2. The zero-order valence-corrected chi connectivity index (χ0v) is 18.4. The smallest absolute Gasteiger partial charge is 0.123 e. The van der Waals surface area contributed by atoms with Crippen molar-refractivity contribution < 1.29 is 13.9 Å². The topological polar surface area (TPSA) is 24.9 Å². The van der Waals surface area contributed by atoms with E-state index in [-0.39, 0.29) is 18.0 Å². The zero-order chi connectivity index (χ0) is 21.2. The molecule has 0 saturated carbocycles. The summed E-state index contributed by atoms with van der Waals surface area (Å²) in [6, 6.07) is 13.9. The van der Waals surface area contributed by atoms with Crippen molar-refractivity contribution in [1.29, 1.82) is 0 Å². The second kappa shape index (κ2) is 9.37. The molecule has 0 aromatic heterocycles. The standard InChI is InChI=1S/C26H33FN2O2/c1-2-30-14-13-28-9-11-29(12-10-28)18-22-17-25-23-6-4-3-5-19(23)15-20-7-8-21(27)16-24(20)26(25)31-22/h3-8,16,22,25-26H,2,9-15,17-18H2,1H3/t22-,25-,26-/m1/s1. The molecule has 3 aliphatic rings. The molecular weight excluding hydrogens is 391 g/mol. The van der Waals surface area contributed by atoms with Crippen LogP contribution in [0.5, 0.6) is 0 Å². The summed E-state index contributed by atoms with van der Waals surface area (Å²) in [6.45, 7) is 9.95. The van der Waals surface area contributed by atoms with Crippen molar-refractivity contribution in [3.05, 3.63) is 70.5 Å². The minimum absolute atomic E-state index is 0.0492. The molecule has 4 nitrogen and oxygen atoms in total. The van der Waals surface area contributed by atoms with E-state index in [0.29, 0.717) is 5.92 Å². The molecule has 3 atom stereocenters. The number of benzene rings is 2. The van der Waals surface area contributed by atoms with Crippen molar-refractivity contribution >= 4 is 0 Å². The number of hydrogen-bond donors (Lipinski definition) is 0. The summed E-state index contributed by atoms with van der Waals surface area (Å²) in [5, 5.41) is 0. The zero-order valence-electron chi connectivity index (χ0n) is 18.4. The van der Waals surface area contributed by atoms with Crippen molar-refractivity contribution in [3.63, 3.8) is 0 Å². The highest BCUT2D eigenvalue weighted by molar-refractivity contribution is 5.45. The second-order valence-corrected chi connectivity index (χ2v) is 9.08. The van der Waals surface area contributed by atoms with E-state index in [0.717, 1.165) is 70.9 Å². The van der Waals surface area contributed by atoms with Gasteiger partial charge >= 0.3 is 0 Å². The van der Waals surface area contributed by atoms with Crippen LogP contribution in [0.2, 0.25) is 0 Å². The molecule has 2 fully saturated rings. The molecule has 31 heavy (non-hydrogen) atoms. The average Bonchev–Trinajstić information content (AvgIpc) is 3.15. The minimum atomic E-state index is -0.168. The lowest BCUT2D eigenvalue weighted by Crippen LogP contribution is -2.49. The Labute approximate surface area is 184 Å². The van der Waals surface area contributed by atoms with Crippen molar-refractivity contribution in [3.8, 4) is 0 Å². The molecule has 1 aliphatic carbocycles. The summed E-state index contributed by atoms with van der Waals surface area (Å²) >= 11 is 0. The molecule has 5 rings (SSSR count). The van der Waals surface area contributed by atoms with E-state index in [2.05, 4.69) is 34.1 Å². The lowest BCUT2D eigenvalue weighted by molar-refractivity contribution is 0.00641. The van der Waals surface area contributed by atoms with Crippen LogP contribution in [0.1, 0.15) is 47.6 Å². The van der Waals surface area contributed by atoms with Gasteiger partial charge in [-0.25, -0.2) is 4.39 Å². The third-order valence-corrected chi connectivity index (χ3v) is 7.15. The molecule has 0 spiro atoms. The highest BCUT2D eigenvalue weighted by Crippen LogP contribution is 2.49. The lowest BCUT2D eigenvalue weighted by atomic mass is 9.87. The minimum Gasteiger partial charge on any atom is -0.380 e. The Morgan fingerprint density at radius 1 is 1.00 bits per heavy atom. The molecule has 2 heterocycles. The van der Waals surface area contributed by atoms with Crippen LogP contribution in [0.3, 0.4) is 0 Å². The molecule has 2 aromatic carbocycles. The SMILES string of the molecule is CCOCCN1CCN(C[C@H]2C[C@@H]3c4ccccc4Cc4ccc(F)cc4[C@H]3O2)CC1. The first-order valence-electron chi connectivity index (χ1n) is 11.8. The van der Waals surface area contributed by atoms with Crippen LogP contribution in [-0.4, -0.2) is 68.4 Å². The van der Waals surface area contributed by atoms with Crippen LogP contribution in [0, 0.1) is 5.82 Å². The average molecular weight is 425 g/mol. The predicted octanol–water partition coefficient (Wildman–Crippen LogP) is 4.00. The first kappa shape index (κ1) is 21.1. The Bertz CT molecular complexity index is 897. The molecule has 2 aromatic rings. The summed E-state index contributed by atoms with van der Waals surface area (Å²) in [4.78, 5) is 5.02. The maximum Gasteiger partial charge on any atom is 0.123 e. The number of rotatable bonds is 6. The van der Waals surface area contributed by atoms with E-state index in [1.54, 1.807) is 12.1 Å². The summed E-state index contributed by atoms with van der Waals surface area (Å²) in [7, 11) is 0. The fraction of sp³-hybridized carbons (Fsp3) is 0.538. The van der Waals surface area contributed by atoms with Gasteiger partial charge in [-0.3, -0.25) is 9.80 Å². The predicted molar refractivity (Wildman–Crippen MR) is 120 cm³/mol. The number of halogens is 1. The van der Waals surface area contributed by atoms with E-state index in [1.807, 2.05) is 13.0 Å². The van der Waals surface area contributed by atoms with E-state index in [9.17, 15) is 4.39 Å². The van der Waals surface area contributed by atoms with Gasteiger partial charge in [0.25, 0.3) is 0 Å². The van der Waals surface area contributed by atoms with E-state index in [4.69, 9.17) is 9.47 Å². The number of fused-ring (bicyclic) bond motifs is 5. The first-order valence-corrected chi connectivity index (χ1v) is 11.8. The van der Waals surface area contributed by atoms with Gasteiger partial charge in [0.1, 0.15) is 5.82 Å². The molecule has 5 heteroatoms. The number of piperazine rings is 1. The van der Waals surface area contributed by atoms with Crippen molar-refractivity contribution in [1.82, 2.24) is 9.80 Å². The van der Waals surface area contributed by atoms with Gasteiger partial charge in [0.15, 0.2) is 0 Å². The van der Waals surface area contributed by atoms with Gasteiger partial charge in [-0.05, 0) is 54.2 Å². The maximum atomic E-state index is 14.2.